The summed E-state index contributed by atoms with van der Waals surface area (Å²) in [7, 11) is 1.76. The lowest BCUT2D eigenvalue weighted by atomic mass is 9.69. The third-order valence-electron chi connectivity index (χ3n) is 4.34. The van der Waals surface area contributed by atoms with Crippen LogP contribution in [0.1, 0.15) is 18.4 Å². The highest BCUT2D eigenvalue weighted by atomic mass is 16.5. The number of hydrogen-bond acceptors (Lipinski definition) is 3. The van der Waals surface area contributed by atoms with E-state index in [2.05, 4.69) is 17.5 Å². The van der Waals surface area contributed by atoms with Gasteiger partial charge in [0, 0.05) is 18.6 Å². The van der Waals surface area contributed by atoms with Crippen molar-refractivity contribution in [2.45, 2.75) is 30.4 Å². The fourth-order valence-electron chi connectivity index (χ4n) is 3.28. The molecule has 0 unspecified atom stereocenters. The smallest absolute Gasteiger partial charge is 0.115 e. The number of ether oxygens (including phenoxy) is 1. The number of rotatable bonds is 2. The fraction of sp³-hybridized carbons (Fsp3) is 0.467. The molecule has 3 atom stereocenters. The van der Waals surface area contributed by atoms with E-state index in [1.54, 1.807) is 19.2 Å². The Morgan fingerprint density at radius 2 is 2.11 bits per heavy atom. The van der Waals surface area contributed by atoms with Crippen molar-refractivity contribution in [1.82, 2.24) is 5.32 Å². The fourth-order valence-corrected chi connectivity index (χ4v) is 3.28. The Bertz CT molecular complexity index is 454. The first-order valence-corrected chi connectivity index (χ1v) is 6.50. The van der Waals surface area contributed by atoms with Crippen LogP contribution in [0.25, 0.3) is 0 Å². The highest BCUT2D eigenvalue weighted by Crippen LogP contribution is 2.42. The number of aromatic hydroxyl groups is 1. The van der Waals surface area contributed by atoms with Gasteiger partial charge in [-0.05, 0) is 37.1 Å². The van der Waals surface area contributed by atoms with Gasteiger partial charge in [-0.3, -0.25) is 0 Å². The number of benzene rings is 1. The van der Waals surface area contributed by atoms with Gasteiger partial charge in [-0.25, -0.2) is 0 Å². The Labute approximate surface area is 107 Å². The standard InChI is InChI=1S/C15H19NO2/c1-18-13-6-7-15(8-9-16-14(15)10-13)11-2-4-12(17)5-3-11/h2-7,13-14,16-17H,8-10H2,1H3/t13-,14-,15-/m0/s1. The first kappa shape index (κ1) is 11.8. The molecule has 3 nitrogen and oxygen atoms in total. The van der Waals surface area contributed by atoms with Crippen LogP contribution in [0.5, 0.6) is 5.75 Å². The molecule has 18 heavy (non-hydrogen) atoms. The van der Waals surface area contributed by atoms with Crippen molar-refractivity contribution in [2.75, 3.05) is 13.7 Å². The van der Waals surface area contributed by atoms with Crippen LogP contribution in [0.15, 0.2) is 36.4 Å². The molecule has 0 spiro atoms. The predicted molar refractivity (Wildman–Crippen MR) is 70.7 cm³/mol. The third-order valence-corrected chi connectivity index (χ3v) is 4.34. The zero-order valence-corrected chi connectivity index (χ0v) is 10.6. The zero-order chi connectivity index (χ0) is 12.6. The van der Waals surface area contributed by atoms with Crippen LogP contribution < -0.4 is 5.32 Å². The maximum Gasteiger partial charge on any atom is 0.115 e. The topological polar surface area (TPSA) is 41.5 Å². The zero-order valence-electron chi connectivity index (χ0n) is 10.6. The molecule has 0 radical (unpaired) electrons. The number of methoxy groups -OCH3 is 1. The van der Waals surface area contributed by atoms with Crippen LogP contribution in [-0.2, 0) is 10.2 Å². The highest BCUT2D eigenvalue weighted by Gasteiger charge is 2.44. The Balaban J connectivity index is 1.99. The van der Waals surface area contributed by atoms with Gasteiger partial charge in [0.15, 0.2) is 0 Å². The van der Waals surface area contributed by atoms with Crippen LogP contribution in [0.3, 0.4) is 0 Å². The molecule has 2 aliphatic rings. The van der Waals surface area contributed by atoms with Gasteiger partial charge in [0.05, 0.1) is 6.10 Å². The highest BCUT2D eigenvalue weighted by molar-refractivity contribution is 5.40. The molecule has 0 aromatic heterocycles. The number of phenolic OH excluding ortho intramolecular Hbond substituents is 1. The summed E-state index contributed by atoms with van der Waals surface area (Å²) in [4.78, 5) is 0. The predicted octanol–water partition coefficient (Wildman–Crippen LogP) is 1.97. The van der Waals surface area contributed by atoms with Crippen LogP contribution >= 0.6 is 0 Å². The molecule has 1 saturated heterocycles. The van der Waals surface area contributed by atoms with Gasteiger partial charge in [0.1, 0.15) is 5.75 Å². The van der Waals surface area contributed by atoms with Gasteiger partial charge < -0.3 is 15.2 Å². The van der Waals surface area contributed by atoms with E-state index in [-0.39, 0.29) is 11.5 Å². The quantitative estimate of drug-likeness (QED) is 0.783. The summed E-state index contributed by atoms with van der Waals surface area (Å²) >= 11 is 0. The van der Waals surface area contributed by atoms with E-state index in [9.17, 15) is 5.11 Å². The molecule has 1 aromatic rings. The van der Waals surface area contributed by atoms with E-state index in [0.29, 0.717) is 11.8 Å². The van der Waals surface area contributed by atoms with Crippen LogP contribution in [-0.4, -0.2) is 30.9 Å². The molecule has 1 aliphatic heterocycles. The van der Waals surface area contributed by atoms with Crippen molar-refractivity contribution in [2.24, 2.45) is 0 Å². The lowest BCUT2D eigenvalue weighted by Crippen LogP contribution is -2.44. The molecular weight excluding hydrogens is 226 g/mol. The molecule has 2 N–H and O–H groups in total. The summed E-state index contributed by atoms with van der Waals surface area (Å²) in [5.74, 6) is 0.326. The van der Waals surface area contributed by atoms with Crippen LogP contribution in [0.2, 0.25) is 0 Å². The maximum absolute atomic E-state index is 9.42. The summed E-state index contributed by atoms with van der Waals surface area (Å²) in [6, 6.07) is 8.04. The summed E-state index contributed by atoms with van der Waals surface area (Å²) < 4.78 is 5.43. The summed E-state index contributed by atoms with van der Waals surface area (Å²) in [6.45, 7) is 1.03. The van der Waals surface area contributed by atoms with E-state index >= 15 is 0 Å². The first-order valence-electron chi connectivity index (χ1n) is 6.50. The van der Waals surface area contributed by atoms with Crippen LogP contribution in [0, 0.1) is 0 Å². The second kappa shape index (κ2) is 4.41. The van der Waals surface area contributed by atoms with E-state index in [0.717, 1.165) is 19.4 Å². The minimum absolute atomic E-state index is 0.0722. The Kier molecular flexibility index (Phi) is 2.88. The molecule has 0 amide bonds. The number of nitrogens with one attached hydrogen (secondary N) is 1. The molecule has 1 aromatic carbocycles. The molecule has 0 bridgehead atoms. The molecule has 1 fully saturated rings. The second-order valence-electron chi connectivity index (χ2n) is 5.21. The lowest BCUT2D eigenvalue weighted by Gasteiger charge is -2.38. The van der Waals surface area contributed by atoms with Crippen LogP contribution in [0.4, 0.5) is 0 Å². The molecule has 96 valence electrons. The van der Waals surface area contributed by atoms with Crippen molar-refractivity contribution in [3.8, 4) is 5.75 Å². The molecule has 1 aliphatic carbocycles. The lowest BCUT2D eigenvalue weighted by molar-refractivity contribution is 0.111. The molecule has 0 saturated carbocycles. The SMILES string of the molecule is CO[C@H]1C=C[C@@]2(c3ccc(O)cc3)CCN[C@H]2C1. The average molecular weight is 245 g/mol. The van der Waals surface area contributed by atoms with Crippen molar-refractivity contribution < 1.29 is 9.84 Å². The largest absolute Gasteiger partial charge is 0.508 e. The monoisotopic (exact) mass is 245 g/mol. The van der Waals surface area contributed by atoms with Gasteiger partial charge in [-0.1, -0.05) is 24.3 Å². The van der Waals surface area contributed by atoms with Gasteiger partial charge >= 0.3 is 0 Å². The third kappa shape index (κ3) is 1.74. The van der Waals surface area contributed by atoms with E-state index < -0.39 is 0 Å². The molecular formula is C15H19NO2. The second-order valence-corrected chi connectivity index (χ2v) is 5.21. The number of phenols is 1. The van der Waals surface area contributed by atoms with Crippen molar-refractivity contribution in [3.05, 3.63) is 42.0 Å². The Morgan fingerprint density at radius 1 is 1.33 bits per heavy atom. The van der Waals surface area contributed by atoms with Crippen molar-refractivity contribution >= 4 is 0 Å². The summed E-state index contributed by atoms with van der Waals surface area (Å²) in [5.41, 5.74) is 1.35. The minimum atomic E-state index is 0.0722. The van der Waals surface area contributed by atoms with Gasteiger partial charge in [-0.15, -0.1) is 0 Å². The number of hydrogen-bond donors (Lipinski definition) is 2. The summed E-state index contributed by atoms with van der Waals surface area (Å²) in [5, 5.41) is 13.0. The molecule has 3 heteroatoms. The van der Waals surface area contributed by atoms with Gasteiger partial charge in [0.25, 0.3) is 0 Å². The van der Waals surface area contributed by atoms with Crippen molar-refractivity contribution in [1.29, 1.82) is 0 Å². The van der Waals surface area contributed by atoms with Crippen molar-refractivity contribution in [3.63, 3.8) is 0 Å². The molecule has 1 heterocycles. The van der Waals surface area contributed by atoms with E-state index in [1.807, 2.05) is 12.1 Å². The minimum Gasteiger partial charge on any atom is -0.508 e. The average Bonchev–Trinajstić information content (AvgIpc) is 2.83. The Hall–Kier alpha value is -1.32. The Morgan fingerprint density at radius 3 is 2.83 bits per heavy atom. The van der Waals surface area contributed by atoms with Gasteiger partial charge in [-0.2, -0.15) is 0 Å². The molecule has 3 rings (SSSR count). The van der Waals surface area contributed by atoms with Gasteiger partial charge in [0.2, 0.25) is 0 Å². The normalized spacial score (nSPS) is 34.5. The number of fused-ring (bicyclic) bond motifs is 1. The first-order chi connectivity index (χ1) is 8.74. The van der Waals surface area contributed by atoms with E-state index in [1.165, 1.54) is 5.56 Å². The van der Waals surface area contributed by atoms with E-state index in [4.69, 9.17) is 4.74 Å². The summed E-state index contributed by atoms with van der Waals surface area (Å²) in [6.07, 6.45) is 6.80. The maximum atomic E-state index is 9.42.